The average Bonchev–Trinajstić information content (AvgIpc) is 2.40. The molecule has 0 aliphatic rings. The van der Waals surface area contributed by atoms with Crippen molar-refractivity contribution in [2.45, 2.75) is 4.90 Å². The van der Waals surface area contributed by atoms with E-state index in [1.54, 1.807) is 0 Å². The minimum absolute atomic E-state index is 0.0195. The molecule has 0 atom stereocenters. The number of phenols is 1. The number of benzene rings is 2. The van der Waals surface area contributed by atoms with E-state index in [1.807, 2.05) is 0 Å². The Bertz CT molecular complexity index is 788. The molecule has 1 amide bonds. The van der Waals surface area contributed by atoms with Crippen molar-refractivity contribution in [3.63, 3.8) is 0 Å². The molecule has 6 nitrogen and oxygen atoms in total. The van der Waals surface area contributed by atoms with Gasteiger partial charge in [-0.2, -0.15) is 0 Å². The van der Waals surface area contributed by atoms with Crippen LogP contribution in [0.1, 0.15) is 10.4 Å². The number of carbonyl (C=O) groups excluding carboxylic acids is 1. The first-order valence-corrected chi connectivity index (χ1v) is 7.25. The Morgan fingerprint density at radius 2 is 1.76 bits per heavy atom. The fraction of sp³-hybridized carbons (Fsp3) is 0. The van der Waals surface area contributed by atoms with E-state index in [4.69, 9.17) is 10.2 Å². The number of carbonyl (C=O) groups is 1. The normalized spacial score (nSPS) is 11.1. The van der Waals surface area contributed by atoms with Crippen molar-refractivity contribution in [3.8, 4) is 5.75 Å². The van der Waals surface area contributed by atoms with Gasteiger partial charge < -0.3 is 10.4 Å². The molecule has 0 heterocycles. The van der Waals surface area contributed by atoms with Gasteiger partial charge in [-0.3, -0.25) is 4.79 Å². The molecule has 0 unspecified atom stereocenters. The van der Waals surface area contributed by atoms with Gasteiger partial charge in [-0.25, -0.2) is 17.9 Å². The molecule has 0 spiro atoms. The fourth-order valence-corrected chi connectivity index (χ4v) is 2.12. The predicted molar refractivity (Wildman–Crippen MR) is 73.8 cm³/mol. The lowest BCUT2D eigenvalue weighted by atomic mass is 10.2. The van der Waals surface area contributed by atoms with E-state index in [2.05, 4.69) is 5.32 Å². The maximum absolute atomic E-state index is 13.6. The number of amides is 1. The summed E-state index contributed by atoms with van der Waals surface area (Å²) >= 11 is 0. The summed E-state index contributed by atoms with van der Waals surface area (Å²) in [5.74, 6) is -1.47. The van der Waals surface area contributed by atoms with E-state index in [9.17, 15) is 17.6 Å². The standard InChI is InChI=1S/C13H11FN2O4S/c14-11-6-5-10(21(15,19)20)7-12(11)16-13(18)8-1-3-9(17)4-2-8/h1-7,17H,(H,16,18)(H2,15,19,20). The summed E-state index contributed by atoms with van der Waals surface area (Å²) in [6.07, 6.45) is 0. The number of primary sulfonamides is 1. The van der Waals surface area contributed by atoms with Crippen LogP contribution in [0.5, 0.6) is 5.75 Å². The Labute approximate surface area is 120 Å². The Kier molecular flexibility index (Phi) is 3.92. The zero-order chi connectivity index (χ0) is 15.6. The number of halogens is 1. The summed E-state index contributed by atoms with van der Waals surface area (Å²) in [5, 5.41) is 16.3. The maximum Gasteiger partial charge on any atom is 0.255 e. The van der Waals surface area contributed by atoms with Crippen LogP contribution in [0.25, 0.3) is 0 Å². The zero-order valence-electron chi connectivity index (χ0n) is 10.6. The van der Waals surface area contributed by atoms with Gasteiger partial charge in [-0.05, 0) is 42.5 Å². The van der Waals surface area contributed by atoms with Gasteiger partial charge in [0.15, 0.2) is 0 Å². The van der Waals surface area contributed by atoms with Crippen LogP contribution >= 0.6 is 0 Å². The second-order valence-corrected chi connectivity index (χ2v) is 5.75. The summed E-state index contributed by atoms with van der Waals surface area (Å²) in [4.78, 5) is 11.6. The second kappa shape index (κ2) is 5.51. The van der Waals surface area contributed by atoms with E-state index < -0.39 is 21.7 Å². The molecule has 0 saturated heterocycles. The first-order chi connectivity index (χ1) is 9.77. The smallest absolute Gasteiger partial charge is 0.255 e. The quantitative estimate of drug-likeness (QED) is 0.796. The molecule has 0 aromatic heterocycles. The molecule has 8 heteroatoms. The number of nitrogens with one attached hydrogen (secondary N) is 1. The van der Waals surface area contributed by atoms with Gasteiger partial charge in [0, 0.05) is 5.56 Å². The van der Waals surface area contributed by atoms with Crippen LogP contribution in [0.2, 0.25) is 0 Å². The maximum atomic E-state index is 13.6. The number of anilines is 1. The molecule has 0 fully saturated rings. The van der Waals surface area contributed by atoms with Crippen molar-refractivity contribution in [1.29, 1.82) is 0 Å². The molecule has 21 heavy (non-hydrogen) atoms. The second-order valence-electron chi connectivity index (χ2n) is 4.19. The van der Waals surface area contributed by atoms with Crippen molar-refractivity contribution in [1.82, 2.24) is 0 Å². The molecule has 2 aromatic carbocycles. The topological polar surface area (TPSA) is 109 Å². The van der Waals surface area contributed by atoms with Crippen molar-refractivity contribution in [3.05, 3.63) is 53.8 Å². The summed E-state index contributed by atoms with van der Waals surface area (Å²) in [5.41, 5.74) is -0.132. The third kappa shape index (κ3) is 3.56. The summed E-state index contributed by atoms with van der Waals surface area (Å²) in [6, 6.07) is 8.10. The average molecular weight is 310 g/mol. The number of nitrogens with two attached hydrogens (primary N) is 1. The SMILES string of the molecule is NS(=O)(=O)c1ccc(F)c(NC(=O)c2ccc(O)cc2)c1. The number of rotatable bonds is 3. The molecule has 4 N–H and O–H groups in total. The molecule has 110 valence electrons. The number of hydrogen-bond acceptors (Lipinski definition) is 4. The first-order valence-electron chi connectivity index (χ1n) is 5.70. The molecular weight excluding hydrogens is 299 g/mol. The third-order valence-electron chi connectivity index (χ3n) is 2.64. The minimum Gasteiger partial charge on any atom is -0.508 e. The van der Waals surface area contributed by atoms with Crippen LogP contribution in [0.15, 0.2) is 47.4 Å². The lowest BCUT2D eigenvalue weighted by Gasteiger charge is -2.08. The summed E-state index contributed by atoms with van der Waals surface area (Å²) < 4.78 is 36.0. The molecule has 0 aliphatic heterocycles. The largest absolute Gasteiger partial charge is 0.508 e. The molecule has 0 saturated carbocycles. The van der Waals surface area contributed by atoms with E-state index in [0.29, 0.717) is 0 Å². The van der Waals surface area contributed by atoms with Gasteiger partial charge in [-0.15, -0.1) is 0 Å². The zero-order valence-corrected chi connectivity index (χ0v) is 11.4. The molecule has 2 rings (SSSR count). The van der Waals surface area contributed by atoms with Crippen LogP contribution < -0.4 is 10.5 Å². The third-order valence-corrected chi connectivity index (χ3v) is 3.56. The Morgan fingerprint density at radius 3 is 2.33 bits per heavy atom. The van der Waals surface area contributed by atoms with Gasteiger partial charge in [0.1, 0.15) is 11.6 Å². The number of aromatic hydroxyl groups is 1. The van der Waals surface area contributed by atoms with Crippen LogP contribution in [-0.2, 0) is 10.0 Å². The van der Waals surface area contributed by atoms with Crippen molar-refractivity contribution in [2.24, 2.45) is 5.14 Å². The van der Waals surface area contributed by atoms with Crippen LogP contribution in [-0.4, -0.2) is 19.4 Å². The van der Waals surface area contributed by atoms with Gasteiger partial charge in [0.25, 0.3) is 5.91 Å². The Balaban J connectivity index is 2.31. The van der Waals surface area contributed by atoms with Gasteiger partial charge in [-0.1, -0.05) is 0 Å². The molecule has 0 bridgehead atoms. The number of sulfonamides is 1. The Hall–Kier alpha value is -2.45. The van der Waals surface area contributed by atoms with E-state index >= 15 is 0 Å². The van der Waals surface area contributed by atoms with Gasteiger partial charge in [0.2, 0.25) is 10.0 Å². The summed E-state index contributed by atoms with van der Waals surface area (Å²) in [7, 11) is -4.00. The van der Waals surface area contributed by atoms with Crippen LogP contribution in [0.3, 0.4) is 0 Å². The highest BCUT2D eigenvalue weighted by Crippen LogP contribution is 2.20. The lowest BCUT2D eigenvalue weighted by molar-refractivity contribution is 0.102. The first kappa shape index (κ1) is 14.9. The van der Waals surface area contributed by atoms with E-state index in [-0.39, 0.29) is 21.9 Å². The van der Waals surface area contributed by atoms with Gasteiger partial charge >= 0.3 is 0 Å². The predicted octanol–water partition coefficient (Wildman–Crippen LogP) is 1.43. The van der Waals surface area contributed by atoms with Crippen LogP contribution in [0.4, 0.5) is 10.1 Å². The molecule has 0 aliphatic carbocycles. The van der Waals surface area contributed by atoms with E-state index in [0.717, 1.165) is 18.2 Å². The van der Waals surface area contributed by atoms with Gasteiger partial charge in [0.05, 0.1) is 10.6 Å². The summed E-state index contributed by atoms with van der Waals surface area (Å²) in [6.45, 7) is 0. The van der Waals surface area contributed by atoms with Crippen molar-refractivity contribution >= 4 is 21.6 Å². The lowest BCUT2D eigenvalue weighted by Crippen LogP contribution is -2.15. The number of hydrogen-bond donors (Lipinski definition) is 3. The van der Waals surface area contributed by atoms with Crippen molar-refractivity contribution in [2.75, 3.05) is 5.32 Å². The monoisotopic (exact) mass is 310 g/mol. The highest BCUT2D eigenvalue weighted by Gasteiger charge is 2.14. The minimum atomic E-state index is -4.00. The van der Waals surface area contributed by atoms with Crippen LogP contribution in [0, 0.1) is 5.82 Å². The highest BCUT2D eigenvalue weighted by atomic mass is 32.2. The molecule has 2 aromatic rings. The highest BCUT2D eigenvalue weighted by molar-refractivity contribution is 7.89. The fourth-order valence-electron chi connectivity index (χ4n) is 1.58. The van der Waals surface area contributed by atoms with E-state index in [1.165, 1.54) is 24.3 Å². The Morgan fingerprint density at radius 1 is 1.14 bits per heavy atom. The molecule has 0 radical (unpaired) electrons. The van der Waals surface area contributed by atoms with Crippen molar-refractivity contribution < 1.29 is 22.7 Å². The number of phenolic OH excluding ortho intramolecular Hbond substituents is 1. The molecular formula is C13H11FN2O4S.